The van der Waals surface area contributed by atoms with Crippen LogP contribution < -0.4 is 11.1 Å². The van der Waals surface area contributed by atoms with E-state index in [1.54, 1.807) is 6.20 Å². The standard InChI is InChI=1S/C6H10N4OS/c1-2-4-3-8-10(11)5(4)9-6(7)12/h3,11H,2H2,1H3,(H3,7,9,12). The molecule has 66 valence electrons. The second-order valence-corrected chi connectivity index (χ2v) is 2.69. The van der Waals surface area contributed by atoms with Crippen molar-refractivity contribution in [2.75, 3.05) is 5.32 Å². The summed E-state index contributed by atoms with van der Waals surface area (Å²) in [6.07, 6.45) is 2.31. The summed E-state index contributed by atoms with van der Waals surface area (Å²) in [6.45, 7) is 1.95. The lowest BCUT2D eigenvalue weighted by molar-refractivity contribution is 0.155. The van der Waals surface area contributed by atoms with Gasteiger partial charge in [0, 0.05) is 5.56 Å². The third-order valence-electron chi connectivity index (χ3n) is 1.45. The predicted molar refractivity (Wildman–Crippen MR) is 49.2 cm³/mol. The molecule has 0 radical (unpaired) electrons. The van der Waals surface area contributed by atoms with Crippen LogP contribution >= 0.6 is 12.2 Å². The number of anilines is 1. The van der Waals surface area contributed by atoms with Gasteiger partial charge in [-0.1, -0.05) is 11.8 Å². The molecular formula is C6H10N4OS. The summed E-state index contributed by atoms with van der Waals surface area (Å²) in [7, 11) is 0. The highest BCUT2D eigenvalue weighted by Crippen LogP contribution is 2.13. The molecule has 0 saturated carbocycles. The summed E-state index contributed by atoms with van der Waals surface area (Å²) in [4.78, 5) is 0.720. The van der Waals surface area contributed by atoms with Gasteiger partial charge in [-0.15, -0.1) is 5.10 Å². The van der Waals surface area contributed by atoms with E-state index in [2.05, 4.69) is 22.6 Å². The normalized spacial score (nSPS) is 9.75. The van der Waals surface area contributed by atoms with Gasteiger partial charge in [0.1, 0.15) is 0 Å². The molecule has 1 rings (SSSR count). The fourth-order valence-corrected chi connectivity index (χ4v) is 0.974. The molecule has 0 atom stereocenters. The van der Waals surface area contributed by atoms with Gasteiger partial charge < -0.3 is 16.3 Å². The Balaban J connectivity index is 2.94. The van der Waals surface area contributed by atoms with Crippen LogP contribution in [-0.4, -0.2) is 20.3 Å². The zero-order valence-corrected chi connectivity index (χ0v) is 7.43. The number of aromatic nitrogens is 2. The van der Waals surface area contributed by atoms with Crippen molar-refractivity contribution in [1.82, 2.24) is 9.94 Å². The number of nitrogens with one attached hydrogen (secondary N) is 1. The second kappa shape index (κ2) is 3.40. The molecule has 0 aliphatic rings. The van der Waals surface area contributed by atoms with Crippen LogP contribution in [0.25, 0.3) is 0 Å². The molecule has 0 aromatic carbocycles. The topological polar surface area (TPSA) is 76.1 Å². The summed E-state index contributed by atoms with van der Waals surface area (Å²) in [5.74, 6) is 0.435. The molecule has 4 N–H and O–H groups in total. The van der Waals surface area contributed by atoms with Crippen LogP contribution in [0, 0.1) is 0 Å². The minimum atomic E-state index is 0.112. The van der Waals surface area contributed by atoms with Gasteiger partial charge in [0.2, 0.25) is 0 Å². The van der Waals surface area contributed by atoms with Crippen molar-refractivity contribution in [2.24, 2.45) is 5.73 Å². The van der Waals surface area contributed by atoms with Gasteiger partial charge >= 0.3 is 0 Å². The first kappa shape index (κ1) is 8.79. The number of hydrogen-bond acceptors (Lipinski definition) is 3. The molecule has 1 aromatic heterocycles. The molecular weight excluding hydrogens is 176 g/mol. The Kier molecular flexibility index (Phi) is 2.49. The Morgan fingerprint density at radius 1 is 1.92 bits per heavy atom. The van der Waals surface area contributed by atoms with Crippen LogP contribution in [0.1, 0.15) is 12.5 Å². The predicted octanol–water partition coefficient (Wildman–Crippen LogP) is 0.338. The summed E-state index contributed by atoms with van der Waals surface area (Å²) in [6, 6.07) is 0. The van der Waals surface area contributed by atoms with E-state index in [4.69, 9.17) is 10.9 Å². The second-order valence-electron chi connectivity index (χ2n) is 2.25. The van der Waals surface area contributed by atoms with Crippen LogP contribution in [0.5, 0.6) is 0 Å². The summed E-state index contributed by atoms with van der Waals surface area (Å²) >= 11 is 4.63. The molecule has 0 aliphatic heterocycles. The van der Waals surface area contributed by atoms with Crippen LogP contribution in [0.3, 0.4) is 0 Å². The van der Waals surface area contributed by atoms with E-state index in [1.807, 2.05) is 6.92 Å². The van der Waals surface area contributed by atoms with Crippen molar-refractivity contribution in [3.63, 3.8) is 0 Å². The molecule has 0 bridgehead atoms. The average molecular weight is 186 g/mol. The van der Waals surface area contributed by atoms with Crippen molar-refractivity contribution in [3.05, 3.63) is 11.8 Å². The highest BCUT2D eigenvalue weighted by atomic mass is 32.1. The quantitative estimate of drug-likeness (QED) is 0.458. The van der Waals surface area contributed by atoms with Gasteiger partial charge in [-0.3, -0.25) is 0 Å². The third kappa shape index (κ3) is 1.65. The molecule has 1 aromatic rings. The molecule has 0 amide bonds. The van der Waals surface area contributed by atoms with Crippen LogP contribution in [0.2, 0.25) is 0 Å². The van der Waals surface area contributed by atoms with Gasteiger partial charge in [0.25, 0.3) is 0 Å². The van der Waals surface area contributed by atoms with Crippen LogP contribution in [0.15, 0.2) is 6.20 Å². The van der Waals surface area contributed by atoms with Crippen LogP contribution in [0.4, 0.5) is 5.82 Å². The largest absolute Gasteiger partial charge is 0.410 e. The van der Waals surface area contributed by atoms with E-state index in [9.17, 15) is 0 Å². The van der Waals surface area contributed by atoms with E-state index >= 15 is 0 Å². The SMILES string of the molecule is CCc1cnn(O)c1NC(N)=S. The molecule has 1 heterocycles. The molecule has 12 heavy (non-hydrogen) atoms. The number of aryl methyl sites for hydroxylation is 1. The maximum atomic E-state index is 9.14. The number of hydrogen-bond donors (Lipinski definition) is 3. The summed E-state index contributed by atoms with van der Waals surface area (Å²) < 4.78 is 0. The summed E-state index contributed by atoms with van der Waals surface area (Å²) in [5.41, 5.74) is 6.11. The highest BCUT2D eigenvalue weighted by Gasteiger charge is 2.08. The van der Waals surface area contributed by atoms with Crippen molar-refractivity contribution in [2.45, 2.75) is 13.3 Å². The molecule has 0 saturated heterocycles. The van der Waals surface area contributed by atoms with Gasteiger partial charge in [-0.2, -0.15) is 0 Å². The van der Waals surface area contributed by atoms with E-state index in [0.717, 1.165) is 16.8 Å². The molecule has 0 aliphatic carbocycles. The lowest BCUT2D eigenvalue weighted by atomic mass is 10.2. The Morgan fingerprint density at radius 3 is 3.08 bits per heavy atom. The number of nitrogens with two attached hydrogens (primary N) is 1. The average Bonchev–Trinajstić information content (AvgIpc) is 2.32. The monoisotopic (exact) mass is 186 g/mol. The van der Waals surface area contributed by atoms with Crippen molar-refractivity contribution in [1.29, 1.82) is 0 Å². The minimum Gasteiger partial charge on any atom is -0.410 e. The first-order chi connectivity index (χ1) is 5.65. The molecule has 0 spiro atoms. The van der Waals surface area contributed by atoms with Crippen molar-refractivity contribution in [3.8, 4) is 0 Å². The van der Waals surface area contributed by atoms with E-state index in [0.29, 0.717) is 5.82 Å². The van der Waals surface area contributed by atoms with Gasteiger partial charge in [0.15, 0.2) is 10.9 Å². The zero-order valence-electron chi connectivity index (χ0n) is 6.61. The lowest BCUT2D eigenvalue weighted by Gasteiger charge is -2.03. The first-order valence-corrected chi connectivity index (χ1v) is 3.88. The Bertz CT molecular complexity index is 296. The Labute approximate surface area is 75.1 Å². The van der Waals surface area contributed by atoms with E-state index in [-0.39, 0.29) is 5.11 Å². The highest BCUT2D eigenvalue weighted by molar-refractivity contribution is 7.80. The van der Waals surface area contributed by atoms with Gasteiger partial charge in [-0.25, -0.2) is 0 Å². The van der Waals surface area contributed by atoms with Crippen LogP contribution in [-0.2, 0) is 6.42 Å². The fraction of sp³-hybridized carbons (Fsp3) is 0.333. The Morgan fingerprint density at radius 2 is 2.58 bits per heavy atom. The number of thiocarbonyl (C=S) groups is 1. The van der Waals surface area contributed by atoms with Crippen molar-refractivity contribution >= 4 is 23.1 Å². The molecule has 6 heteroatoms. The maximum absolute atomic E-state index is 9.14. The Hall–Kier alpha value is -1.30. The number of nitrogens with zero attached hydrogens (tertiary/aromatic N) is 2. The summed E-state index contributed by atoms with van der Waals surface area (Å²) in [5, 5.41) is 15.5. The van der Waals surface area contributed by atoms with Gasteiger partial charge in [-0.05, 0) is 18.6 Å². The molecule has 0 fully saturated rings. The lowest BCUT2D eigenvalue weighted by Crippen LogP contribution is -2.21. The third-order valence-corrected chi connectivity index (χ3v) is 1.55. The van der Waals surface area contributed by atoms with Gasteiger partial charge in [0.05, 0.1) is 6.20 Å². The van der Waals surface area contributed by atoms with E-state index in [1.165, 1.54) is 0 Å². The smallest absolute Gasteiger partial charge is 0.174 e. The van der Waals surface area contributed by atoms with E-state index < -0.39 is 0 Å². The minimum absolute atomic E-state index is 0.112. The number of rotatable bonds is 2. The zero-order chi connectivity index (χ0) is 9.14. The molecule has 0 unspecified atom stereocenters. The fourth-order valence-electron chi connectivity index (χ4n) is 0.877. The maximum Gasteiger partial charge on any atom is 0.174 e. The van der Waals surface area contributed by atoms with Crippen molar-refractivity contribution < 1.29 is 5.21 Å². The molecule has 5 nitrogen and oxygen atoms in total. The first-order valence-electron chi connectivity index (χ1n) is 3.47.